The summed E-state index contributed by atoms with van der Waals surface area (Å²) in [4.78, 5) is 14.1. The number of aliphatic hydroxyl groups is 1. The zero-order valence-corrected chi connectivity index (χ0v) is 18.2. The average Bonchev–Trinajstić information content (AvgIpc) is 2.76. The predicted octanol–water partition coefficient (Wildman–Crippen LogP) is 5.43. The highest BCUT2D eigenvalue weighted by Gasteiger charge is 2.71. The summed E-state index contributed by atoms with van der Waals surface area (Å²) in [6.45, 7) is 1.88. The number of rotatable bonds is 6. The van der Waals surface area contributed by atoms with Crippen LogP contribution < -0.4 is 4.90 Å². The molecule has 1 aliphatic rings. The summed E-state index contributed by atoms with van der Waals surface area (Å²) in [5, 5.41) is 9.47. The van der Waals surface area contributed by atoms with Gasteiger partial charge in [-0.05, 0) is 24.1 Å². The number of carbonyl (C=O) groups excluding carboxylic acids is 1. The molecule has 0 saturated heterocycles. The van der Waals surface area contributed by atoms with E-state index in [0.717, 1.165) is 23.4 Å². The topological polar surface area (TPSA) is 49.8 Å². The van der Waals surface area contributed by atoms with E-state index in [1.807, 2.05) is 30.3 Å². The van der Waals surface area contributed by atoms with Crippen LogP contribution in [0, 0.1) is 0 Å². The molecule has 180 valence electrons. The first-order chi connectivity index (χ1) is 15.4. The van der Waals surface area contributed by atoms with E-state index < -0.39 is 29.4 Å². The molecule has 1 aliphatic heterocycles. The molecule has 3 rings (SSSR count). The molecule has 1 N–H and O–H groups in total. The summed E-state index contributed by atoms with van der Waals surface area (Å²) >= 11 is 1.07. The molecule has 0 bridgehead atoms. The van der Waals surface area contributed by atoms with E-state index in [-0.39, 0.29) is 35.6 Å². The number of fused-ring (bicyclic) bond motifs is 1. The van der Waals surface area contributed by atoms with Crippen LogP contribution in [0.3, 0.4) is 0 Å². The SMILES string of the molecule is CC[C@H]1CN(C(=O)COCc2ccccc2)c2ccc(C(O)(C(F)(F)F)C(F)(F)F)cc2S1. The van der Waals surface area contributed by atoms with Crippen LogP contribution in [0.2, 0.25) is 0 Å². The Bertz CT molecular complexity index is 966. The Morgan fingerprint density at radius 1 is 1.09 bits per heavy atom. The summed E-state index contributed by atoms with van der Waals surface area (Å²) in [5.74, 6) is -0.472. The average molecular weight is 493 g/mol. The number of alkyl halides is 6. The first kappa shape index (κ1) is 25.4. The van der Waals surface area contributed by atoms with Gasteiger partial charge >= 0.3 is 12.4 Å². The highest BCUT2D eigenvalue weighted by Crippen LogP contribution is 2.52. The van der Waals surface area contributed by atoms with E-state index in [9.17, 15) is 36.2 Å². The lowest BCUT2D eigenvalue weighted by atomic mass is 9.92. The highest BCUT2D eigenvalue weighted by molar-refractivity contribution is 8.00. The van der Waals surface area contributed by atoms with Crippen molar-refractivity contribution in [3.05, 3.63) is 59.7 Å². The van der Waals surface area contributed by atoms with Crippen molar-refractivity contribution in [2.75, 3.05) is 18.1 Å². The van der Waals surface area contributed by atoms with Crippen molar-refractivity contribution in [3.8, 4) is 0 Å². The lowest BCUT2D eigenvalue weighted by molar-refractivity contribution is -0.376. The van der Waals surface area contributed by atoms with Crippen LogP contribution in [0.5, 0.6) is 0 Å². The van der Waals surface area contributed by atoms with Gasteiger partial charge in [-0.15, -0.1) is 11.8 Å². The van der Waals surface area contributed by atoms with Crippen molar-refractivity contribution in [1.82, 2.24) is 0 Å². The molecule has 0 aromatic heterocycles. The van der Waals surface area contributed by atoms with Gasteiger partial charge < -0.3 is 14.7 Å². The lowest BCUT2D eigenvalue weighted by Gasteiger charge is -2.36. The fourth-order valence-corrected chi connectivity index (χ4v) is 4.66. The minimum Gasteiger partial charge on any atom is -0.369 e. The molecule has 33 heavy (non-hydrogen) atoms. The van der Waals surface area contributed by atoms with E-state index in [1.165, 1.54) is 4.90 Å². The molecule has 0 fully saturated rings. The quantitative estimate of drug-likeness (QED) is 0.545. The maximum absolute atomic E-state index is 13.3. The van der Waals surface area contributed by atoms with Gasteiger partial charge in [0.2, 0.25) is 0 Å². The zero-order chi connectivity index (χ0) is 24.4. The molecule has 0 saturated carbocycles. The van der Waals surface area contributed by atoms with Gasteiger partial charge in [0, 0.05) is 22.3 Å². The number of benzene rings is 2. The fraction of sp³-hybridized carbons (Fsp3) is 0.409. The van der Waals surface area contributed by atoms with E-state index in [0.29, 0.717) is 18.6 Å². The largest absolute Gasteiger partial charge is 0.430 e. The minimum absolute atomic E-state index is 0.0499. The number of hydrogen-bond donors (Lipinski definition) is 1. The Balaban J connectivity index is 1.88. The summed E-state index contributed by atoms with van der Waals surface area (Å²) in [6.07, 6.45) is -11.4. The number of ether oxygens (including phenoxy) is 1. The van der Waals surface area contributed by atoms with Crippen molar-refractivity contribution in [2.45, 2.75) is 48.1 Å². The standard InChI is InChI=1S/C22H21F6NO3S/c1-2-16-11-29(19(30)13-32-12-14-6-4-3-5-7-14)17-9-8-15(10-18(17)33-16)20(31,21(23,24)25)22(26,27)28/h3-10,16,31H,2,11-13H2,1H3/t16-/m0/s1. The van der Waals surface area contributed by atoms with Gasteiger partial charge in [0.05, 0.1) is 12.3 Å². The number of thioether (sulfide) groups is 1. The van der Waals surface area contributed by atoms with Crippen LogP contribution in [-0.2, 0) is 21.7 Å². The van der Waals surface area contributed by atoms with E-state index in [2.05, 4.69) is 0 Å². The first-order valence-corrected chi connectivity index (χ1v) is 10.9. The van der Waals surface area contributed by atoms with Gasteiger partial charge in [0.1, 0.15) is 6.61 Å². The third-order valence-electron chi connectivity index (χ3n) is 5.26. The summed E-state index contributed by atoms with van der Waals surface area (Å²) < 4.78 is 85.2. The molecule has 4 nitrogen and oxygen atoms in total. The molecule has 0 spiro atoms. The number of halogens is 6. The number of amides is 1. The van der Waals surface area contributed by atoms with Crippen LogP contribution in [0.1, 0.15) is 24.5 Å². The summed E-state index contributed by atoms with van der Waals surface area (Å²) in [6, 6.07) is 11.3. The molecule has 0 aliphatic carbocycles. The Morgan fingerprint density at radius 3 is 2.30 bits per heavy atom. The van der Waals surface area contributed by atoms with E-state index in [1.54, 1.807) is 6.92 Å². The molecular weight excluding hydrogens is 472 g/mol. The summed E-state index contributed by atoms with van der Waals surface area (Å²) in [7, 11) is 0. The Hall–Kier alpha value is -2.24. The van der Waals surface area contributed by atoms with Crippen LogP contribution >= 0.6 is 11.8 Å². The number of anilines is 1. The molecule has 1 atom stereocenters. The van der Waals surface area contributed by atoms with Crippen molar-refractivity contribution < 1.29 is 41.0 Å². The number of hydrogen-bond acceptors (Lipinski definition) is 4. The molecule has 0 radical (unpaired) electrons. The second-order valence-electron chi connectivity index (χ2n) is 7.52. The normalized spacial score (nSPS) is 17.1. The third kappa shape index (κ3) is 5.15. The lowest BCUT2D eigenvalue weighted by Crippen LogP contribution is -2.54. The highest BCUT2D eigenvalue weighted by atomic mass is 32.2. The Kier molecular flexibility index (Phi) is 7.35. The van der Waals surface area contributed by atoms with Gasteiger partial charge in [-0.25, -0.2) is 0 Å². The van der Waals surface area contributed by atoms with Crippen LogP contribution in [0.15, 0.2) is 53.4 Å². The Labute approximate surface area is 190 Å². The molecule has 2 aromatic carbocycles. The van der Waals surface area contributed by atoms with Crippen LogP contribution in [0.4, 0.5) is 32.0 Å². The third-order valence-corrected chi connectivity index (χ3v) is 6.66. The molecule has 11 heteroatoms. The maximum atomic E-state index is 13.3. The second kappa shape index (κ2) is 9.55. The van der Waals surface area contributed by atoms with Crippen molar-refractivity contribution in [3.63, 3.8) is 0 Å². The maximum Gasteiger partial charge on any atom is 0.430 e. The minimum atomic E-state index is -5.98. The van der Waals surface area contributed by atoms with Crippen LogP contribution in [0.25, 0.3) is 0 Å². The van der Waals surface area contributed by atoms with Crippen molar-refractivity contribution >= 4 is 23.4 Å². The van der Waals surface area contributed by atoms with Crippen molar-refractivity contribution in [2.24, 2.45) is 0 Å². The smallest absolute Gasteiger partial charge is 0.369 e. The molecule has 2 aromatic rings. The van der Waals surface area contributed by atoms with Gasteiger partial charge in [-0.2, -0.15) is 26.3 Å². The zero-order valence-electron chi connectivity index (χ0n) is 17.4. The molecule has 1 heterocycles. The molecular formula is C22H21F6NO3S. The van der Waals surface area contributed by atoms with Crippen molar-refractivity contribution in [1.29, 1.82) is 0 Å². The number of carbonyl (C=O) groups is 1. The molecule has 0 unspecified atom stereocenters. The first-order valence-electron chi connectivity index (χ1n) is 9.97. The Morgan fingerprint density at radius 2 is 1.73 bits per heavy atom. The fourth-order valence-electron chi connectivity index (χ4n) is 3.42. The van der Waals surface area contributed by atoms with Gasteiger partial charge in [-0.1, -0.05) is 43.3 Å². The van der Waals surface area contributed by atoms with Crippen LogP contribution in [-0.4, -0.2) is 41.8 Å². The van der Waals surface area contributed by atoms with Gasteiger partial charge in [0.25, 0.3) is 11.5 Å². The summed E-state index contributed by atoms with van der Waals surface area (Å²) in [5.41, 5.74) is -5.36. The second-order valence-corrected chi connectivity index (χ2v) is 8.86. The molecule has 1 amide bonds. The monoisotopic (exact) mass is 493 g/mol. The van der Waals surface area contributed by atoms with Gasteiger partial charge in [0.15, 0.2) is 0 Å². The van der Waals surface area contributed by atoms with E-state index >= 15 is 0 Å². The van der Waals surface area contributed by atoms with E-state index in [4.69, 9.17) is 4.74 Å². The van der Waals surface area contributed by atoms with Gasteiger partial charge in [-0.3, -0.25) is 4.79 Å². The predicted molar refractivity (Wildman–Crippen MR) is 111 cm³/mol. The number of nitrogens with zero attached hydrogens (tertiary/aromatic N) is 1.